The Morgan fingerprint density at radius 3 is 2.54 bits per heavy atom. The summed E-state index contributed by atoms with van der Waals surface area (Å²) in [7, 11) is 1.78. The number of nitrogens with one attached hydrogen (secondary N) is 1. The molecule has 1 N–H and O–H groups in total. The van der Waals surface area contributed by atoms with Crippen molar-refractivity contribution < 1.29 is 9.53 Å². The first-order valence-corrected chi connectivity index (χ1v) is 8.95. The largest absolute Gasteiger partial charge is 0.450 e. The molecule has 1 saturated heterocycles. The van der Waals surface area contributed by atoms with Gasteiger partial charge in [0.05, 0.1) is 10.9 Å². The molecule has 2 heterocycles. The number of ether oxygens (including phenoxy) is 1. The zero-order valence-corrected chi connectivity index (χ0v) is 17.9. The molecule has 136 valence electrons. The van der Waals surface area contributed by atoms with Crippen molar-refractivity contribution in [3.8, 4) is 0 Å². The van der Waals surface area contributed by atoms with Crippen LogP contribution in [0.25, 0.3) is 0 Å². The molecule has 0 radical (unpaired) electrons. The molecule has 6 nitrogen and oxygen atoms in total. The molecule has 1 fully saturated rings. The monoisotopic (exact) mass is 486 g/mol. The van der Waals surface area contributed by atoms with Gasteiger partial charge in [-0.2, -0.15) is 0 Å². The molecular weight excluding hydrogens is 463 g/mol. The summed E-state index contributed by atoms with van der Waals surface area (Å²) in [5.74, 6) is 0.871. The average molecular weight is 487 g/mol. The van der Waals surface area contributed by atoms with E-state index in [1.165, 1.54) is 4.88 Å². The number of carbonyl (C=O) groups excluding carboxylic acids is 1. The van der Waals surface area contributed by atoms with Crippen molar-refractivity contribution >= 4 is 59.0 Å². The molecular formula is C15H24ClIN4O2S. The first-order valence-electron chi connectivity index (χ1n) is 7.75. The Hall–Kier alpha value is -0.740. The number of halogens is 2. The van der Waals surface area contributed by atoms with E-state index in [4.69, 9.17) is 16.3 Å². The summed E-state index contributed by atoms with van der Waals surface area (Å²) in [6.45, 7) is 5.85. The van der Waals surface area contributed by atoms with Crippen molar-refractivity contribution in [3.63, 3.8) is 0 Å². The number of hydrogen-bond acceptors (Lipinski definition) is 4. The van der Waals surface area contributed by atoms with Crippen molar-refractivity contribution in [2.75, 3.05) is 46.4 Å². The van der Waals surface area contributed by atoms with Crippen LogP contribution in [0.5, 0.6) is 0 Å². The smallest absolute Gasteiger partial charge is 0.409 e. The maximum absolute atomic E-state index is 11.7. The average Bonchev–Trinajstić information content (AvgIpc) is 2.97. The van der Waals surface area contributed by atoms with Crippen molar-refractivity contribution in [1.29, 1.82) is 0 Å². The molecule has 1 aromatic rings. The second kappa shape index (κ2) is 11.0. The quantitative estimate of drug-likeness (QED) is 0.404. The zero-order valence-electron chi connectivity index (χ0n) is 14.0. The van der Waals surface area contributed by atoms with Crippen LogP contribution in [0.1, 0.15) is 11.8 Å². The van der Waals surface area contributed by atoms with Gasteiger partial charge in [0.1, 0.15) is 0 Å². The highest BCUT2D eigenvalue weighted by Crippen LogP contribution is 2.21. The molecule has 1 aromatic heterocycles. The Bertz CT molecular complexity index is 547. The Kier molecular flexibility index (Phi) is 9.75. The molecule has 0 aromatic carbocycles. The Morgan fingerprint density at radius 1 is 1.33 bits per heavy atom. The van der Waals surface area contributed by atoms with Gasteiger partial charge >= 0.3 is 6.09 Å². The third-order valence-corrected chi connectivity index (χ3v) is 4.89. The maximum Gasteiger partial charge on any atom is 0.409 e. The van der Waals surface area contributed by atoms with Crippen LogP contribution in [0.15, 0.2) is 17.1 Å². The third-order valence-electron chi connectivity index (χ3n) is 3.60. The second-order valence-corrected chi connectivity index (χ2v) is 6.90. The van der Waals surface area contributed by atoms with Gasteiger partial charge in [0.15, 0.2) is 5.96 Å². The van der Waals surface area contributed by atoms with Gasteiger partial charge in [-0.3, -0.25) is 4.99 Å². The summed E-state index contributed by atoms with van der Waals surface area (Å²) < 4.78 is 5.85. The molecule has 1 aliphatic rings. The van der Waals surface area contributed by atoms with Crippen LogP contribution in [-0.2, 0) is 11.2 Å². The third kappa shape index (κ3) is 6.29. The molecule has 1 amide bonds. The number of hydrogen-bond donors (Lipinski definition) is 1. The second-order valence-electron chi connectivity index (χ2n) is 5.10. The summed E-state index contributed by atoms with van der Waals surface area (Å²) in [5, 5.41) is 3.37. The van der Waals surface area contributed by atoms with Crippen LogP contribution in [0.4, 0.5) is 4.79 Å². The van der Waals surface area contributed by atoms with Gasteiger partial charge in [-0.15, -0.1) is 35.3 Å². The fourth-order valence-electron chi connectivity index (χ4n) is 2.43. The molecule has 0 saturated carbocycles. The number of guanidine groups is 1. The van der Waals surface area contributed by atoms with Crippen molar-refractivity contribution in [3.05, 3.63) is 21.3 Å². The van der Waals surface area contributed by atoms with E-state index in [9.17, 15) is 4.79 Å². The number of thiophene rings is 1. The van der Waals surface area contributed by atoms with Gasteiger partial charge in [0.2, 0.25) is 0 Å². The lowest BCUT2D eigenvalue weighted by Gasteiger charge is -2.35. The standard InChI is InChI=1S/C15H23ClN4O2S.HI/c1-3-22-15(21)20-10-8-19(9-11-20)14(17-2)18-7-6-12-4-5-13(16)23-12;/h4-5H,3,6-11H2,1-2H3,(H,17,18);1H. The molecule has 0 spiro atoms. The van der Waals surface area contributed by atoms with Crippen LogP contribution in [0.3, 0.4) is 0 Å². The highest BCUT2D eigenvalue weighted by Gasteiger charge is 2.23. The minimum absolute atomic E-state index is 0. The number of nitrogens with zero attached hydrogens (tertiary/aromatic N) is 3. The number of aliphatic imine (C=N–C) groups is 1. The van der Waals surface area contributed by atoms with E-state index in [2.05, 4.69) is 21.3 Å². The number of piperazine rings is 1. The van der Waals surface area contributed by atoms with Crippen LogP contribution in [-0.4, -0.2) is 68.2 Å². The number of carbonyl (C=O) groups is 1. The first-order chi connectivity index (χ1) is 11.1. The Balaban J connectivity index is 0.00000288. The topological polar surface area (TPSA) is 57.2 Å². The van der Waals surface area contributed by atoms with E-state index in [0.29, 0.717) is 19.7 Å². The van der Waals surface area contributed by atoms with E-state index in [1.807, 2.05) is 13.0 Å². The number of rotatable bonds is 4. The molecule has 0 unspecified atom stereocenters. The molecule has 9 heteroatoms. The number of amides is 1. The van der Waals surface area contributed by atoms with Crippen molar-refractivity contribution in [1.82, 2.24) is 15.1 Å². The van der Waals surface area contributed by atoms with E-state index >= 15 is 0 Å². The predicted molar refractivity (Wildman–Crippen MR) is 110 cm³/mol. The lowest BCUT2D eigenvalue weighted by atomic mass is 10.3. The van der Waals surface area contributed by atoms with E-state index in [0.717, 1.165) is 36.4 Å². The molecule has 24 heavy (non-hydrogen) atoms. The Morgan fingerprint density at radius 2 is 2.00 bits per heavy atom. The highest BCUT2D eigenvalue weighted by atomic mass is 127. The highest BCUT2D eigenvalue weighted by molar-refractivity contribution is 14.0. The van der Waals surface area contributed by atoms with Gasteiger partial charge in [0.25, 0.3) is 0 Å². The van der Waals surface area contributed by atoms with Gasteiger partial charge in [-0.25, -0.2) is 4.79 Å². The lowest BCUT2D eigenvalue weighted by molar-refractivity contribution is 0.0915. The van der Waals surface area contributed by atoms with Gasteiger partial charge in [-0.05, 0) is 25.5 Å². The van der Waals surface area contributed by atoms with E-state index < -0.39 is 0 Å². The summed E-state index contributed by atoms with van der Waals surface area (Å²) >= 11 is 7.54. The summed E-state index contributed by atoms with van der Waals surface area (Å²) in [4.78, 5) is 21.2. The van der Waals surface area contributed by atoms with Crippen LogP contribution in [0.2, 0.25) is 4.34 Å². The summed E-state index contributed by atoms with van der Waals surface area (Å²) in [6, 6.07) is 3.97. The van der Waals surface area contributed by atoms with E-state index in [1.54, 1.807) is 23.3 Å². The van der Waals surface area contributed by atoms with Crippen molar-refractivity contribution in [2.24, 2.45) is 4.99 Å². The normalized spacial score (nSPS) is 15.0. The summed E-state index contributed by atoms with van der Waals surface area (Å²) in [5.41, 5.74) is 0. The zero-order chi connectivity index (χ0) is 16.7. The molecule has 2 rings (SSSR count). The van der Waals surface area contributed by atoms with Gasteiger partial charge < -0.3 is 19.9 Å². The van der Waals surface area contributed by atoms with Crippen LogP contribution < -0.4 is 5.32 Å². The van der Waals surface area contributed by atoms with Crippen LogP contribution >= 0.6 is 46.9 Å². The minimum Gasteiger partial charge on any atom is -0.450 e. The van der Waals surface area contributed by atoms with E-state index in [-0.39, 0.29) is 30.1 Å². The predicted octanol–water partition coefficient (Wildman–Crippen LogP) is 2.91. The van der Waals surface area contributed by atoms with Crippen molar-refractivity contribution in [2.45, 2.75) is 13.3 Å². The first kappa shape index (κ1) is 21.3. The van der Waals surface area contributed by atoms with Gasteiger partial charge in [-0.1, -0.05) is 11.6 Å². The maximum atomic E-state index is 11.7. The fraction of sp³-hybridized carbons (Fsp3) is 0.600. The minimum atomic E-state index is -0.232. The van der Waals surface area contributed by atoms with Crippen LogP contribution in [0, 0.1) is 0 Å². The molecule has 1 aliphatic heterocycles. The lowest BCUT2D eigenvalue weighted by Crippen LogP contribution is -2.54. The Labute approximate surface area is 169 Å². The summed E-state index contributed by atoms with van der Waals surface area (Å²) in [6.07, 6.45) is 0.684. The SMILES string of the molecule is CCOC(=O)N1CCN(C(=NC)NCCc2ccc(Cl)s2)CC1.I. The molecule has 0 bridgehead atoms. The molecule has 0 aliphatic carbocycles. The van der Waals surface area contributed by atoms with Gasteiger partial charge in [0, 0.05) is 44.6 Å². The molecule has 0 atom stereocenters. The fourth-order valence-corrected chi connectivity index (χ4v) is 3.52.